The predicted molar refractivity (Wildman–Crippen MR) is 80.5 cm³/mol. The van der Waals surface area contributed by atoms with Crippen molar-refractivity contribution in [2.75, 3.05) is 19.7 Å². The van der Waals surface area contributed by atoms with E-state index < -0.39 is 0 Å². The van der Waals surface area contributed by atoms with Gasteiger partial charge in [-0.2, -0.15) is 0 Å². The third-order valence-corrected chi connectivity index (χ3v) is 5.11. The van der Waals surface area contributed by atoms with E-state index in [-0.39, 0.29) is 18.6 Å². The molecule has 1 aliphatic heterocycles. The summed E-state index contributed by atoms with van der Waals surface area (Å²) >= 11 is 0. The van der Waals surface area contributed by atoms with E-state index in [0.717, 1.165) is 44.1 Å². The van der Waals surface area contributed by atoms with Crippen LogP contribution in [0.1, 0.15) is 52.4 Å². The second-order valence-electron chi connectivity index (χ2n) is 6.94. The van der Waals surface area contributed by atoms with Crippen molar-refractivity contribution in [3.05, 3.63) is 0 Å². The Morgan fingerprint density at radius 1 is 1.25 bits per heavy atom. The first-order valence-electron chi connectivity index (χ1n) is 8.26. The number of aliphatic hydroxyl groups is 1. The molecule has 2 amide bonds. The number of nitrogens with zero attached hydrogens (tertiary/aromatic N) is 1. The first-order valence-corrected chi connectivity index (χ1v) is 8.26. The van der Waals surface area contributed by atoms with Gasteiger partial charge >= 0.3 is 6.03 Å². The minimum atomic E-state index is 0.0798. The Labute approximate surface area is 122 Å². The summed E-state index contributed by atoms with van der Waals surface area (Å²) < 4.78 is 0. The van der Waals surface area contributed by atoms with E-state index in [4.69, 9.17) is 0 Å². The second kappa shape index (κ2) is 7.30. The maximum Gasteiger partial charge on any atom is 0.317 e. The number of carbonyl (C=O) groups is 1. The SMILES string of the molecule is CC(C)C1CCC(NC(=O)N2CCCC(CO)C2)CC1. The van der Waals surface area contributed by atoms with Crippen molar-refractivity contribution in [1.29, 1.82) is 0 Å². The zero-order valence-electron chi connectivity index (χ0n) is 13.0. The van der Waals surface area contributed by atoms with E-state index in [1.807, 2.05) is 4.90 Å². The summed E-state index contributed by atoms with van der Waals surface area (Å²) in [4.78, 5) is 14.2. The Hall–Kier alpha value is -0.770. The highest BCUT2D eigenvalue weighted by Crippen LogP contribution is 2.30. The number of rotatable bonds is 3. The molecule has 1 atom stereocenters. The summed E-state index contributed by atoms with van der Waals surface area (Å²) in [7, 11) is 0. The lowest BCUT2D eigenvalue weighted by atomic mass is 9.80. The molecule has 0 bridgehead atoms. The van der Waals surface area contributed by atoms with Crippen LogP contribution in [-0.4, -0.2) is 41.8 Å². The quantitative estimate of drug-likeness (QED) is 0.836. The summed E-state index contributed by atoms with van der Waals surface area (Å²) in [5.74, 6) is 1.86. The second-order valence-corrected chi connectivity index (χ2v) is 6.94. The van der Waals surface area contributed by atoms with Gasteiger partial charge in [0, 0.05) is 25.7 Å². The lowest BCUT2D eigenvalue weighted by molar-refractivity contribution is 0.125. The maximum absolute atomic E-state index is 12.3. The lowest BCUT2D eigenvalue weighted by Gasteiger charge is -2.35. The van der Waals surface area contributed by atoms with Gasteiger partial charge in [-0.1, -0.05) is 13.8 Å². The van der Waals surface area contributed by atoms with Crippen molar-refractivity contribution in [2.45, 2.75) is 58.4 Å². The topological polar surface area (TPSA) is 52.6 Å². The van der Waals surface area contributed by atoms with Crippen LogP contribution in [0.25, 0.3) is 0 Å². The molecule has 20 heavy (non-hydrogen) atoms. The van der Waals surface area contributed by atoms with Gasteiger partial charge in [-0.3, -0.25) is 0 Å². The van der Waals surface area contributed by atoms with Crippen molar-refractivity contribution < 1.29 is 9.90 Å². The number of urea groups is 1. The number of nitrogens with one attached hydrogen (secondary N) is 1. The van der Waals surface area contributed by atoms with E-state index >= 15 is 0 Å². The molecule has 1 unspecified atom stereocenters. The molecule has 1 saturated heterocycles. The lowest BCUT2D eigenvalue weighted by Crippen LogP contribution is -2.49. The number of amides is 2. The summed E-state index contributed by atoms with van der Waals surface area (Å²) in [6, 6.07) is 0.433. The molecule has 4 heteroatoms. The third kappa shape index (κ3) is 4.11. The van der Waals surface area contributed by atoms with Gasteiger partial charge in [0.05, 0.1) is 0 Å². The maximum atomic E-state index is 12.3. The van der Waals surface area contributed by atoms with Gasteiger partial charge in [0.15, 0.2) is 0 Å². The molecule has 2 aliphatic rings. The zero-order valence-corrected chi connectivity index (χ0v) is 13.0. The van der Waals surface area contributed by atoms with Crippen LogP contribution in [-0.2, 0) is 0 Å². The average Bonchev–Trinajstić information content (AvgIpc) is 2.47. The van der Waals surface area contributed by atoms with Gasteiger partial charge in [-0.05, 0) is 56.3 Å². The first-order chi connectivity index (χ1) is 9.60. The molecule has 4 nitrogen and oxygen atoms in total. The molecule has 0 spiro atoms. The van der Waals surface area contributed by atoms with Crippen LogP contribution in [0.3, 0.4) is 0 Å². The molecule has 0 aromatic heterocycles. The van der Waals surface area contributed by atoms with E-state index in [1.54, 1.807) is 0 Å². The van der Waals surface area contributed by atoms with E-state index in [2.05, 4.69) is 19.2 Å². The number of carbonyl (C=O) groups excluding carboxylic acids is 1. The van der Waals surface area contributed by atoms with E-state index in [1.165, 1.54) is 12.8 Å². The minimum Gasteiger partial charge on any atom is -0.396 e. The normalized spacial score (nSPS) is 31.4. The summed E-state index contributed by atoms with van der Waals surface area (Å²) in [5.41, 5.74) is 0. The van der Waals surface area contributed by atoms with Gasteiger partial charge in [-0.15, -0.1) is 0 Å². The van der Waals surface area contributed by atoms with Gasteiger partial charge in [0.25, 0.3) is 0 Å². The highest BCUT2D eigenvalue weighted by atomic mass is 16.3. The van der Waals surface area contributed by atoms with E-state index in [9.17, 15) is 9.90 Å². The molecular formula is C16H30N2O2. The highest BCUT2D eigenvalue weighted by Gasteiger charge is 2.27. The average molecular weight is 282 g/mol. The monoisotopic (exact) mass is 282 g/mol. The van der Waals surface area contributed by atoms with Crippen molar-refractivity contribution in [2.24, 2.45) is 17.8 Å². The predicted octanol–water partition coefficient (Wildman–Crippen LogP) is 2.62. The summed E-state index contributed by atoms with van der Waals surface area (Å²) in [6.45, 7) is 6.34. The van der Waals surface area contributed by atoms with Crippen molar-refractivity contribution >= 4 is 6.03 Å². The molecule has 2 fully saturated rings. The van der Waals surface area contributed by atoms with Crippen molar-refractivity contribution in [1.82, 2.24) is 10.2 Å². The van der Waals surface area contributed by atoms with Crippen LogP contribution in [0, 0.1) is 17.8 Å². The summed E-state index contributed by atoms with van der Waals surface area (Å²) in [5, 5.41) is 12.4. The molecule has 1 saturated carbocycles. The largest absolute Gasteiger partial charge is 0.396 e. The highest BCUT2D eigenvalue weighted by molar-refractivity contribution is 5.74. The summed E-state index contributed by atoms with van der Waals surface area (Å²) in [6.07, 6.45) is 6.76. The molecule has 0 aromatic rings. The van der Waals surface area contributed by atoms with Crippen LogP contribution >= 0.6 is 0 Å². The number of aliphatic hydroxyl groups excluding tert-OH is 1. The minimum absolute atomic E-state index is 0.0798. The fraction of sp³-hybridized carbons (Fsp3) is 0.938. The van der Waals surface area contributed by atoms with Crippen molar-refractivity contribution in [3.8, 4) is 0 Å². The number of hydrogen-bond acceptors (Lipinski definition) is 2. The Bertz CT molecular complexity index is 312. The smallest absolute Gasteiger partial charge is 0.317 e. The zero-order chi connectivity index (χ0) is 14.5. The first kappa shape index (κ1) is 15.6. The fourth-order valence-electron chi connectivity index (χ4n) is 3.59. The van der Waals surface area contributed by atoms with Gasteiger partial charge in [0.2, 0.25) is 0 Å². The Morgan fingerprint density at radius 3 is 2.55 bits per heavy atom. The fourth-order valence-corrected chi connectivity index (χ4v) is 3.59. The van der Waals surface area contributed by atoms with Crippen LogP contribution in [0.5, 0.6) is 0 Å². The number of piperidine rings is 1. The van der Waals surface area contributed by atoms with Gasteiger partial charge in [0.1, 0.15) is 0 Å². The Kier molecular flexibility index (Phi) is 5.70. The molecule has 1 heterocycles. The van der Waals surface area contributed by atoms with E-state index in [0.29, 0.717) is 12.6 Å². The standard InChI is InChI=1S/C16H30N2O2/c1-12(2)14-5-7-15(8-6-14)17-16(20)18-9-3-4-13(10-18)11-19/h12-15,19H,3-11H2,1-2H3,(H,17,20). The molecule has 116 valence electrons. The Morgan fingerprint density at radius 2 is 1.95 bits per heavy atom. The number of hydrogen-bond donors (Lipinski definition) is 2. The molecule has 2 rings (SSSR count). The molecule has 0 aromatic carbocycles. The molecule has 0 radical (unpaired) electrons. The molecule has 1 aliphatic carbocycles. The molecule has 2 N–H and O–H groups in total. The van der Waals surface area contributed by atoms with Crippen LogP contribution in [0.2, 0.25) is 0 Å². The molecular weight excluding hydrogens is 252 g/mol. The van der Waals surface area contributed by atoms with Crippen LogP contribution in [0.4, 0.5) is 4.79 Å². The van der Waals surface area contributed by atoms with Gasteiger partial charge in [-0.25, -0.2) is 4.79 Å². The third-order valence-electron chi connectivity index (χ3n) is 5.11. The van der Waals surface area contributed by atoms with Gasteiger partial charge < -0.3 is 15.3 Å². The number of likely N-dealkylation sites (tertiary alicyclic amines) is 1. The van der Waals surface area contributed by atoms with Crippen molar-refractivity contribution in [3.63, 3.8) is 0 Å². The van der Waals surface area contributed by atoms with Crippen LogP contribution < -0.4 is 5.32 Å². The van der Waals surface area contributed by atoms with Crippen LogP contribution in [0.15, 0.2) is 0 Å². The Balaban J connectivity index is 1.75.